The maximum atomic E-state index is 9.78. The first-order chi connectivity index (χ1) is 8.80. The van der Waals surface area contributed by atoms with Crippen molar-refractivity contribution in [2.24, 2.45) is 5.73 Å². The number of ether oxygens (including phenoxy) is 1. The molecule has 108 valence electrons. The Kier molecular flexibility index (Phi) is 5.39. The van der Waals surface area contributed by atoms with Crippen LogP contribution < -0.4 is 10.5 Å². The number of hydrogen-bond donors (Lipinski definition) is 2. The van der Waals surface area contributed by atoms with Crippen LogP contribution in [-0.2, 0) is 5.41 Å². The average Bonchev–Trinajstić information content (AvgIpc) is 2.39. The lowest BCUT2D eigenvalue weighted by Crippen LogP contribution is -2.35. The molecule has 1 aromatic rings. The van der Waals surface area contributed by atoms with E-state index < -0.39 is 5.60 Å². The molecule has 0 heterocycles. The van der Waals surface area contributed by atoms with Crippen LogP contribution >= 0.6 is 0 Å². The van der Waals surface area contributed by atoms with Gasteiger partial charge in [0.25, 0.3) is 0 Å². The number of benzene rings is 1. The zero-order chi connectivity index (χ0) is 14.5. The van der Waals surface area contributed by atoms with Crippen LogP contribution in [0.5, 0.6) is 5.75 Å². The third-order valence-electron chi connectivity index (χ3n) is 3.87. The average molecular weight is 265 g/mol. The molecule has 3 heteroatoms. The van der Waals surface area contributed by atoms with Crippen LogP contribution in [0.3, 0.4) is 0 Å². The van der Waals surface area contributed by atoms with Gasteiger partial charge in [0.2, 0.25) is 0 Å². The molecule has 0 aliphatic rings. The SMILES string of the molecule is CCC(C)(C)c1ccc(OCCC(C)(O)CN)cc1. The topological polar surface area (TPSA) is 55.5 Å². The lowest BCUT2D eigenvalue weighted by atomic mass is 9.82. The largest absolute Gasteiger partial charge is 0.493 e. The van der Waals surface area contributed by atoms with Crippen LogP contribution in [0.15, 0.2) is 24.3 Å². The Balaban J connectivity index is 2.54. The highest BCUT2D eigenvalue weighted by atomic mass is 16.5. The van der Waals surface area contributed by atoms with Gasteiger partial charge in [0.15, 0.2) is 0 Å². The molecule has 0 bridgehead atoms. The lowest BCUT2D eigenvalue weighted by molar-refractivity contribution is 0.0453. The molecule has 0 radical (unpaired) electrons. The quantitative estimate of drug-likeness (QED) is 0.797. The van der Waals surface area contributed by atoms with E-state index in [0.717, 1.165) is 12.2 Å². The van der Waals surface area contributed by atoms with Crippen molar-refractivity contribution in [1.82, 2.24) is 0 Å². The van der Waals surface area contributed by atoms with Gasteiger partial charge in [-0.2, -0.15) is 0 Å². The third kappa shape index (κ3) is 4.84. The van der Waals surface area contributed by atoms with E-state index in [1.165, 1.54) is 5.56 Å². The zero-order valence-electron chi connectivity index (χ0n) is 12.6. The van der Waals surface area contributed by atoms with Crippen LogP contribution in [0.2, 0.25) is 0 Å². The summed E-state index contributed by atoms with van der Waals surface area (Å²) in [6.45, 7) is 9.12. The molecule has 1 aromatic carbocycles. The Labute approximate surface area is 116 Å². The first kappa shape index (κ1) is 16.0. The molecule has 3 nitrogen and oxygen atoms in total. The summed E-state index contributed by atoms with van der Waals surface area (Å²) in [6.07, 6.45) is 1.64. The van der Waals surface area contributed by atoms with Crippen LogP contribution in [0.1, 0.15) is 46.1 Å². The molecule has 0 amide bonds. The van der Waals surface area contributed by atoms with Crippen LogP contribution in [-0.4, -0.2) is 23.9 Å². The minimum Gasteiger partial charge on any atom is -0.493 e. The minimum absolute atomic E-state index is 0.196. The summed E-state index contributed by atoms with van der Waals surface area (Å²) in [5.74, 6) is 0.837. The van der Waals surface area contributed by atoms with E-state index in [0.29, 0.717) is 13.0 Å². The van der Waals surface area contributed by atoms with Gasteiger partial charge in [0.1, 0.15) is 5.75 Å². The second kappa shape index (κ2) is 6.40. The second-order valence-electron chi connectivity index (χ2n) is 6.06. The highest BCUT2D eigenvalue weighted by molar-refractivity contribution is 5.31. The van der Waals surface area contributed by atoms with E-state index in [-0.39, 0.29) is 12.0 Å². The lowest BCUT2D eigenvalue weighted by Gasteiger charge is -2.24. The molecule has 1 rings (SSSR count). The fourth-order valence-electron chi connectivity index (χ4n) is 1.70. The molecule has 19 heavy (non-hydrogen) atoms. The van der Waals surface area contributed by atoms with Gasteiger partial charge in [-0.05, 0) is 36.5 Å². The number of aliphatic hydroxyl groups is 1. The Morgan fingerprint density at radius 2 is 1.74 bits per heavy atom. The van der Waals surface area contributed by atoms with Crippen LogP contribution in [0.4, 0.5) is 0 Å². The molecule has 0 saturated carbocycles. The Morgan fingerprint density at radius 1 is 1.16 bits per heavy atom. The van der Waals surface area contributed by atoms with E-state index >= 15 is 0 Å². The van der Waals surface area contributed by atoms with Gasteiger partial charge < -0.3 is 15.6 Å². The molecule has 0 aliphatic carbocycles. The van der Waals surface area contributed by atoms with E-state index in [2.05, 4.69) is 32.9 Å². The van der Waals surface area contributed by atoms with Gasteiger partial charge in [-0.25, -0.2) is 0 Å². The molecule has 1 unspecified atom stereocenters. The first-order valence-corrected chi connectivity index (χ1v) is 6.96. The van der Waals surface area contributed by atoms with Crippen LogP contribution in [0.25, 0.3) is 0 Å². The third-order valence-corrected chi connectivity index (χ3v) is 3.87. The summed E-state index contributed by atoms with van der Waals surface area (Å²) >= 11 is 0. The fraction of sp³-hybridized carbons (Fsp3) is 0.625. The molecule has 0 saturated heterocycles. The minimum atomic E-state index is -0.843. The second-order valence-corrected chi connectivity index (χ2v) is 6.06. The highest BCUT2D eigenvalue weighted by Gasteiger charge is 2.19. The van der Waals surface area contributed by atoms with Gasteiger partial charge in [-0.3, -0.25) is 0 Å². The Bertz CT molecular complexity index is 382. The van der Waals surface area contributed by atoms with E-state index in [4.69, 9.17) is 10.5 Å². The summed E-state index contributed by atoms with van der Waals surface area (Å²) in [7, 11) is 0. The smallest absolute Gasteiger partial charge is 0.119 e. The number of rotatable bonds is 7. The predicted molar refractivity (Wildman–Crippen MR) is 79.5 cm³/mol. The Hall–Kier alpha value is -1.06. The molecule has 0 aliphatic heterocycles. The van der Waals surface area contributed by atoms with Gasteiger partial charge in [0.05, 0.1) is 12.2 Å². The zero-order valence-corrected chi connectivity index (χ0v) is 12.6. The van der Waals surface area contributed by atoms with Crippen molar-refractivity contribution in [1.29, 1.82) is 0 Å². The molecule has 1 atom stereocenters. The van der Waals surface area contributed by atoms with Crippen molar-refractivity contribution in [2.45, 2.75) is 51.6 Å². The van der Waals surface area contributed by atoms with E-state index in [9.17, 15) is 5.11 Å². The summed E-state index contributed by atoms with van der Waals surface area (Å²) in [5, 5.41) is 9.78. The number of hydrogen-bond acceptors (Lipinski definition) is 3. The van der Waals surface area contributed by atoms with Gasteiger partial charge in [0, 0.05) is 13.0 Å². The summed E-state index contributed by atoms with van der Waals surface area (Å²) in [5.41, 5.74) is 6.13. The Morgan fingerprint density at radius 3 is 2.21 bits per heavy atom. The molecule has 3 N–H and O–H groups in total. The molecule has 0 aromatic heterocycles. The maximum absolute atomic E-state index is 9.78. The van der Waals surface area contributed by atoms with Gasteiger partial charge in [-0.1, -0.05) is 32.9 Å². The summed E-state index contributed by atoms with van der Waals surface area (Å²) in [6, 6.07) is 8.20. The van der Waals surface area contributed by atoms with Gasteiger partial charge >= 0.3 is 0 Å². The van der Waals surface area contributed by atoms with E-state index in [1.807, 2.05) is 12.1 Å². The van der Waals surface area contributed by atoms with Crippen molar-refractivity contribution < 1.29 is 9.84 Å². The van der Waals surface area contributed by atoms with Crippen molar-refractivity contribution in [3.8, 4) is 5.75 Å². The number of nitrogens with two attached hydrogens (primary N) is 1. The first-order valence-electron chi connectivity index (χ1n) is 6.96. The van der Waals surface area contributed by atoms with Crippen molar-refractivity contribution in [3.05, 3.63) is 29.8 Å². The monoisotopic (exact) mass is 265 g/mol. The molecule has 0 spiro atoms. The predicted octanol–water partition coefficient (Wildman–Crippen LogP) is 2.85. The molecular weight excluding hydrogens is 238 g/mol. The van der Waals surface area contributed by atoms with Crippen molar-refractivity contribution in [3.63, 3.8) is 0 Å². The normalized spacial score (nSPS) is 15.1. The summed E-state index contributed by atoms with van der Waals surface area (Å²) in [4.78, 5) is 0. The van der Waals surface area contributed by atoms with Crippen molar-refractivity contribution >= 4 is 0 Å². The van der Waals surface area contributed by atoms with E-state index in [1.54, 1.807) is 6.92 Å². The van der Waals surface area contributed by atoms with Crippen molar-refractivity contribution in [2.75, 3.05) is 13.2 Å². The fourth-order valence-corrected chi connectivity index (χ4v) is 1.70. The van der Waals surface area contributed by atoms with Gasteiger partial charge in [-0.15, -0.1) is 0 Å². The molecule has 0 fully saturated rings. The highest BCUT2D eigenvalue weighted by Crippen LogP contribution is 2.28. The summed E-state index contributed by atoms with van der Waals surface area (Å²) < 4.78 is 5.63. The van der Waals surface area contributed by atoms with Crippen LogP contribution in [0, 0.1) is 0 Å². The maximum Gasteiger partial charge on any atom is 0.119 e. The molecular formula is C16H27NO2. The standard InChI is InChI=1S/C16H27NO2/c1-5-15(2,3)13-6-8-14(9-7-13)19-11-10-16(4,18)12-17/h6-9,18H,5,10-12,17H2,1-4H3.